The highest BCUT2D eigenvalue weighted by Crippen LogP contribution is 2.35. The van der Waals surface area contributed by atoms with E-state index in [-0.39, 0.29) is 18.3 Å². The standard InChI is InChI=1S/C19H27NO5S/c1-23-12-18-11-20(19(21)25-18)16-7-3-14(4-8-16)15-5-9-17(10-6-15)24-13-26(2)22/h3-4,7-8,15,17-18H,5-6,9-13H2,1-2H3. The fourth-order valence-corrected chi connectivity index (χ4v) is 4.07. The van der Waals surface area contributed by atoms with Gasteiger partial charge in [0.1, 0.15) is 12.0 Å². The van der Waals surface area contributed by atoms with Gasteiger partial charge in [-0.1, -0.05) is 12.1 Å². The molecule has 3 rings (SSSR count). The summed E-state index contributed by atoms with van der Waals surface area (Å²) < 4.78 is 27.2. The molecule has 0 radical (unpaired) electrons. The van der Waals surface area contributed by atoms with Crippen LogP contribution in [-0.2, 0) is 25.0 Å². The Balaban J connectivity index is 1.54. The van der Waals surface area contributed by atoms with Crippen LogP contribution in [0.5, 0.6) is 0 Å². The zero-order valence-corrected chi connectivity index (χ0v) is 16.2. The lowest BCUT2D eigenvalue weighted by atomic mass is 9.82. The van der Waals surface area contributed by atoms with Crippen molar-refractivity contribution < 1.29 is 23.2 Å². The highest BCUT2D eigenvalue weighted by atomic mass is 32.2. The van der Waals surface area contributed by atoms with Crippen LogP contribution in [0, 0.1) is 0 Å². The quantitative estimate of drug-likeness (QED) is 0.726. The number of amides is 1. The van der Waals surface area contributed by atoms with E-state index in [2.05, 4.69) is 12.1 Å². The average molecular weight is 381 g/mol. The summed E-state index contributed by atoms with van der Waals surface area (Å²) in [5.41, 5.74) is 2.16. The van der Waals surface area contributed by atoms with E-state index >= 15 is 0 Å². The zero-order valence-electron chi connectivity index (χ0n) is 15.4. The largest absolute Gasteiger partial charge is 0.441 e. The van der Waals surface area contributed by atoms with Gasteiger partial charge in [-0.15, -0.1) is 0 Å². The van der Waals surface area contributed by atoms with E-state index < -0.39 is 10.8 Å². The molecule has 1 heterocycles. The first-order valence-electron chi connectivity index (χ1n) is 9.05. The summed E-state index contributed by atoms with van der Waals surface area (Å²) in [5.74, 6) is 0.850. The van der Waals surface area contributed by atoms with Crippen molar-refractivity contribution in [1.29, 1.82) is 0 Å². The predicted octanol–water partition coefficient (Wildman–Crippen LogP) is 3.04. The molecule has 0 N–H and O–H groups in total. The minimum atomic E-state index is -0.896. The van der Waals surface area contributed by atoms with Crippen LogP contribution in [0.2, 0.25) is 0 Å². The smallest absolute Gasteiger partial charge is 0.414 e. The van der Waals surface area contributed by atoms with Crippen molar-refractivity contribution in [3.05, 3.63) is 29.8 Å². The first-order chi connectivity index (χ1) is 12.6. The lowest BCUT2D eigenvalue weighted by molar-refractivity contribution is 0.0540. The van der Waals surface area contributed by atoms with Gasteiger partial charge in [0.05, 0.1) is 19.3 Å². The Hall–Kier alpha value is -1.44. The topological polar surface area (TPSA) is 65.1 Å². The summed E-state index contributed by atoms with van der Waals surface area (Å²) in [4.78, 5) is 13.7. The first-order valence-corrected chi connectivity index (χ1v) is 10.8. The second-order valence-corrected chi connectivity index (χ2v) is 8.38. The van der Waals surface area contributed by atoms with Crippen LogP contribution >= 0.6 is 0 Å². The van der Waals surface area contributed by atoms with Crippen molar-refractivity contribution in [1.82, 2.24) is 0 Å². The van der Waals surface area contributed by atoms with Crippen molar-refractivity contribution in [2.24, 2.45) is 0 Å². The van der Waals surface area contributed by atoms with Crippen LogP contribution in [0.15, 0.2) is 24.3 Å². The van der Waals surface area contributed by atoms with Crippen LogP contribution in [-0.4, -0.2) is 55.0 Å². The fraction of sp³-hybridized carbons (Fsp3) is 0.632. The second kappa shape index (κ2) is 8.97. The van der Waals surface area contributed by atoms with E-state index in [4.69, 9.17) is 14.2 Å². The molecule has 6 nitrogen and oxygen atoms in total. The van der Waals surface area contributed by atoms with E-state index in [0.717, 1.165) is 31.4 Å². The Kier molecular flexibility index (Phi) is 6.67. The molecule has 1 aromatic rings. The molecule has 1 aliphatic heterocycles. The number of methoxy groups -OCH3 is 1. The maximum absolute atomic E-state index is 12.0. The Morgan fingerprint density at radius 3 is 2.50 bits per heavy atom. The Labute approximate surface area is 157 Å². The van der Waals surface area contributed by atoms with Crippen LogP contribution in [0.4, 0.5) is 10.5 Å². The van der Waals surface area contributed by atoms with Crippen LogP contribution in [0.25, 0.3) is 0 Å². The summed E-state index contributed by atoms with van der Waals surface area (Å²) in [7, 11) is 0.708. The van der Waals surface area contributed by atoms with Gasteiger partial charge in [-0.25, -0.2) is 4.79 Å². The van der Waals surface area contributed by atoms with Crippen LogP contribution in [0.1, 0.15) is 37.2 Å². The number of benzene rings is 1. The maximum Gasteiger partial charge on any atom is 0.414 e. The summed E-state index contributed by atoms with van der Waals surface area (Å²) >= 11 is 0. The molecule has 2 fully saturated rings. The molecule has 0 spiro atoms. The van der Waals surface area contributed by atoms with Crippen molar-refractivity contribution in [2.45, 2.75) is 43.8 Å². The number of ether oxygens (including phenoxy) is 3. The second-order valence-electron chi connectivity index (χ2n) is 6.99. The Morgan fingerprint density at radius 2 is 1.88 bits per heavy atom. The molecular weight excluding hydrogens is 354 g/mol. The third kappa shape index (κ3) is 4.84. The number of carbonyl (C=O) groups excluding carboxylic acids is 1. The number of anilines is 1. The molecule has 144 valence electrons. The summed E-state index contributed by atoms with van der Waals surface area (Å²) in [6, 6.07) is 8.21. The molecule has 0 aromatic heterocycles. The lowest BCUT2D eigenvalue weighted by Gasteiger charge is -2.28. The molecule has 2 atom stereocenters. The number of hydrogen-bond donors (Lipinski definition) is 0. The van der Waals surface area contributed by atoms with Crippen LogP contribution in [0.3, 0.4) is 0 Å². The maximum atomic E-state index is 12.0. The van der Waals surface area contributed by atoms with Gasteiger partial charge in [0.2, 0.25) is 0 Å². The van der Waals surface area contributed by atoms with Crippen molar-refractivity contribution in [3.8, 4) is 0 Å². The minimum absolute atomic E-state index is 0.208. The molecular formula is C19H27NO5S. The van der Waals surface area contributed by atoms with E-state index in [1.807, 2.05) is 12.1 Å². The molecule has 1 aliphatic carbocycles. The number of carbonyl (C=O) groups is 1. The van der Waals surface area contributed by atoms with E-state index in [1.165, 1.54) is 5.56 Å². The third-order valence-electron chi connectivity index (χ3n) is 5.05. The van der Waals surface area contributed by atoms with Gasteiger partial charge >= 0.3 is 6.09 Å². The summed E-state index contributed by atoms with van der Waals surface area (Å²) in [6.45, 7) is 0.935. The van der Waals surface area contributed by atoms with E-state index in [1.54, 1.807) is 18.3 Å². The van der Waals surface area contributed by atoms with Crippen LogP contribution < -0.4 is 4.90 Å². The van der Waals surface area contributed by atoms with Gasteiger partial charge in [0.15, 0.2) is 0 Å². The Morgan fingerprint density at radius 1 is 1.19 bits per heavy atom. The normalized spacial score (nSPS) is 27.4. The SMILES string of the molecule is COCC1CN(c2ccc(C3CCC(OCS(C)=O)CC3)cc2)C(=O)O1. The van der Waals surface area contributed by atoms with E-state index in [0.29, 0.717) is 25.0 Å². The fourth-order valence-electron chi connectivity index (χ4n) is 3.69. The zero-order chi connectivity index (χ0) is 18.5. The Bertz CT molecular complexity index is 627. The molecule has 2 aliphatic rings. The number of rotatable bonds is 7. The van der Waals surface area contributed by atoms with Crippen molar-refractivity contribution in [3.63, 3.8) is 0 Å². The lowest BCUT2D eigenvalue weighted by Crippen LogP contribution is -2.25. The van der Waals surface area contributed by atoms with Gasteiger partial charge in [0.25, 0.3) is 0 Å². The number of nitrogens with zero attached hydrogens (tertiary/aromatic N) is 1. The first kappa shape index (κ1) is 19.3. The third-order valence-corrected chi connectivity index (χ3v) is 5.51. The van der Waals surface area contributed by atoms with Gasteiger partial charge < -0.3 is 14.2 Å². The van der Waals surface area contributed by atoms with Crippen molar-refractivity contribution >= 4 is 22.6 Å². The molecule has 1 saturated carbocycles. The molecule has 1 amide bonds. The van der Waals surface area contributed by atoms with Gasteiger partial charge in [-0.05, 0) is 49.3 Å². The highest BCUT2D eigenvalue weighted by Gasteiger charge is 2.32. The monoisotopic (exact) mass is 381 g/mol. The molecule has 1 saturated heterocycles. The summed E-state index contributed by atoms with van der Waals surface area (Å²) in [5, 5.41) is 0. The van der Waals surface area contributed by atoms with Gasteiger partial charge in [0, 0.05) is 29.9 Å². The van der Waals surface area contributed by atoms with Crippen molar-refractivity contribution in [2.75, 3.05) is 37.4 Å². The van der Waals surface area contributed by atoms with Gasteiger partial charge in [-0.3, -0.25) is 9.11 Å². The minimum Gasteiger partial charge on any atom is -0.441 e. The molecule has 26 heavy (non-hydrogen) atoms. The number of hydrogen-bond acceptors (Lipinski definition) is 5. The molecule has 1 aromatic carbocycles. The molecule has 2 unspecified atom stereocenters. The molecule has 0 bridgehead atoms. The van der Waals surface area contributed by atoms with Gasteiger partial charge in [-0.2, -0.15) is 0 Å². The predicted molar refractivity (Wildman–Crippen MR) is 101 cm³/mol. The average Bonchev–Trinajstić information content (AvgIpc) is 3.01. The highest BCUT2D eigenvalue weighted by molar-refractivity contribution is 7.84. The number of cyclic esters (lactones) is 1. The summed E-state index contributed by atoms with van der Waals surface area (Å²) in [6.07, 6.45) is 5.52. The van der Waals surface area contributed by atoms with E-state index in [9.17, 15) is 9.00 Å². The molecule has 7 heteroatoms.